The lowest BCUT2D eigenvalue weighted by molar-refractivity contribution is 0.0666. The first-order chi connectivity index (χ1) is 12.8. The molecule has 0 N–H and O–H groups in total. The van der Waals surface area contributed by atoms with Crippen molar-refractivity contribution < 1.29 is 9.32 Å². The number of hydrogen-bond donors (Lipinski definition) is 0. The molecule has 140 valence electrons. The summed E-state index contributed by atoms with van der Waals surface area (Å²) in [7, 11) is 0. The molecule has 3 aromatic rings. The summed E-state index contributed by atoms with van der Waals surface area (Å²) in [5.41, 5.74) is 3.58. The topological polar surface area (TPSA) is 59.2 Å². The minimum absolute atomic E-state index is 0.0101. The molecular weight excluding hydrogens is 362 g/mol. The van der Waals surface area contributed by atoms with Gasteiger partial charge in [0.2, 0.25) is 11.7 Å². The Labute approximate surface area is 164 Å². The summed E-state index contributed by atoms with van der Waals surface area (Å²) in [6.45, 7) is 8.16. The first-order valence-electron chi connectivity index (χ1n) is 8.82. The third-order valence-corrected chi connectivity index (χ3v) is 4.62. The maximum atomic E-state index is 13.1. The molecule has 6 heteroatoms. The predicted octanol–water partition coefficient (Wildman–Crippen LogP) is 5.06. The molecule has 5 nitrogen and oxygen atoms in total. The molecule has 0 fully saturated rings. The van der Waals surface area contributed by atoms with Crippen molar-refractivity contribution in [2.45, 2.75) is 40.3 Å². The second kappa shape index (κ2) is 7.92. The number of aromatic nitrogens is 2. The van der Waals surface area contributed by atoms with Crippen LogP contribution in [0.2, 0.25) is 5.02 Å². The molecule has 0 radical (unpaired) electrons. The highest BCUT2D eigenvalue weighted by molar-refractivity contribution is 6.30. The lowest BCUT2D eigenvalue weighted by Crippen LogP contribution is -2.36. The average Bonchev–Trinajstić information content (AvgIpc) is 3.08. The fourth-order valence-electron chi connectivity index (χ4n) is 2.88. The Balaban J connectivity index is 1.82. The molecule has 2 aromatic carbocycles. The lowest BCUT2D eigenvalue weighted by atomic mass is 10.0. The van der Waals surface area contributed by atoms with Gasteiger partial charge in [0, 0.05) is 22.2 Å². The molecule has 0 saturated carbocycles. The van der Waals surface area contributed by atoms with E-state index in [1.54, 1.807) is 17.0 Å². The van der Waals surface area contributed by atoms with E-state index in [4.69, 9.17) is 16.1 Å². The second-order valence-corrected chi connectivity index (χ2v) is 7.30. The van der Waals surface area contributed by atoms with Crippen LogP contribution in [0.4, 0.5) is 0 Å². The van der Waals surface area contributed by atoms with Crippen molar-refractivity contribution in [3.05, 3.63) is 70.1 Å². The van der Waals surface area contributed by atoms with E-state index in [0.717, 1.165) is 16.7 Å². The van der Waals surface area contributed by atoms with Gasteiger partial charge in [-0.25, -0.2) is 0 Å². The maximum absolute atomic E-state index is 13.1. The zero-order valence-electron chi connectivity index (χ0n) is 15.9. The molecule has 3 rings (SSSR count). The monoisotopic (exact) mass is 383 g/mol. The normalized spacial score (nSPS) is 11.0. The molecule has 0 saturated heterocycles. The molecule has 0 bridgehead atoms. The Morgan fingerprint density at radius 3 is 2.48 bits per heavy atom. The fourth-order valence-corrected chi connectivity index (χ4v) is 3.00. The van der Waals surface area contributed by atoms with E-state index in [1.807, 2.05) is 58.0 Å². The number of rotatable bonds is 5. The van der Waals surface area contributed by atoms with Crippen LogP contribution in [0.25, 0.3) is 11.4 Å². The Kier molecular flexibility index (Phi) is 5.61. The van der Waals surface area contributed by atoms with Gasteiger partial charge in [-0.05, 0) is 63.6 Å². The number of amides is 1. The Bertz CT molecular complexity index is 948. The predicted molar refractivity (Wildman–Crippen MR) is 106 cm³/mol. The zero-order valence-corrected chi connectivity index (χ0v) is 16.6. The summed E-state index contributed by atoms with van der Waals surface area (Å²) in [6, 6.07) is 13.0. The number of hydrogen-bond acceptors (Lipinski definition) is 4. The summed E-state index contributed by atoms with van der Waals surface area (Å²) in [5, 5.41) is 4.67. The van der Waals surface area contributed by atoms with Crippen LogP contribution >= 0.6 is 11.6 Å². The second-order valence-electron chi connectivity index (χ2n) is 6.86. The molecule has 0 aliphatic heterocycles. The standard InChI is InChI=1S/C21H22ClN3O2/c1-13(2)25(21(26)18-10-5-14(3)11-15(18)4)12-19-23-20(24-27-19)16-6-8-17(22)9-7-16/h5-11,13H,12H2,1-4H3. The molecule has 1 aromatic heterocycles. The summed E-state index contributed by atoms with van der Waals surface area (Å²) >= 11 is 5.92. The van der Waals surface area contributed by atoms with E-state index in [0.29, 0.717) is 22.3 Å². The molecule has 0 aliphatic carbocycles. The number of carbonyl (C=O) groups is 1. The number of nitrogens with zero attached hydrogens (tertiary/aromatic N) is 3. The van der Waals surface area contributed by atoms with Crippen LogP contribution < -0.4 is 0 Å². The van der Waals surface area contributed by atoms with Crippen molar-refractivity contribution in [2.75, 3.05) is 0 Å². The van der Waals surface area contributed by atoms with Crippen LogP contribution in [0.15, 0.2) is 47.0 Å². The minimum atomic E-state index is -0.0475. The molecule has 1 heterocycles. The number of benzene rings is 2. The van der Waals surface area contributed by atoms with Crippen LogP contribution in [0.5, 0.6) is 0 Å². The first-order valence-corrected chi connectivity index (χ1v) is 9.19. The first kappa shape index (κ1) is 19.1. The van der Waals surface area contributed by atoms with E-state index >= 15 is 0 Å². The summed E-state index contributed by atoms with van der Waals surface area (Å²) in [4.78, 5) is 19.2. The van der Waals surface area contributed by atoms with Crippen LogP contribution in [0.3, 0.4) is 0 Å². The van der Waals surface area contributed by atoms with E-state index < -0.39 is 0 Å². The zero-order chi connectivity index (χ0) is 19.6. The molecular formula is C21H22ClN3O2. The van der Waals surface area contributed by atoms with Gasteiger partial charge >= 0.3 is 0 Å². The van der Waals surface area contributed by atoms with Crippen LogP contribution in [-0.2, 0) is 6.54 Å². The summed E-state index contributed by atoms with van der Waals surface area (Å²) in [6.07, 6.45) is 0. The largest absolute Gasteiger partial charge is 0.337 e. The Morgan fingerprint density at radius 1 is 1.15 bits per heavy atom. The number of carbonyl (C=O) groups excluding carboxylic acids is 1. The summed E-state index contributed by atoms with van der Waals surface area (Å²) < 4.78 is 5.38. The van der Waals surface area contributed by atoms with E-state index in [-0.39, 0.29) is 18.5 Å². The van der Waals surface area contributed by atoms with E-state index in [1.165, 1.54) is 0 Å². The quantitative estimate of drug-likeness (QED) is 0.618. The van der Waals surface area contributed by atoms with Gasteiger partial charge < -0.3 is 9.42 Å². The average molecular weight is 384 g/mol. The lowest BCUT2D eigenvalue weighted by Gasteiger charge is -2.26. The van der Waals surface area contributed by atoms with Gasteiger partial charge in [0.25, 0.3) is 5.91 Å². The van der Waals surface area contributed by atoms with E-state index in [9.17, 15) is 4.79 Å². The summed E-state index contributed by atoms with van der Waals surface area (Å²) in [5.74, 6) is 0.824. The fraction of sp³-hybridized carbons (Fsp3) is 0.286. The van der Waals surface area contributed by atoms with Crippen molar-refractivity contribution in [3.63, 3.8) is 0 Å². The Hall–Kier alpha value is -2.66. The van der Waals surface area contributed by atoms with Crippen molar-refractivity contribution in [1.29, 1.82) is 0 Å². The third-order valence-electron chi connectivity index (χ3n) is 4.37. The molecule has 0 spiro atoms. The van der Waals surface area contributed by atoms with Crippen LogP contribution in [0.1, 0.15) is 41.2 Å². The van der Waals surface area contributed by atoms with Gasteiger partial charge in [0.05, 0.1) is 0 Å². The molecule has 0 unspecified atom stereocenters. The Morgan fingerprint density at radius 2 is 1.85 bits per heavy atom. The minimum Gasteiger partial charge on any atom is -0.337 e. The highest BCUT2D eigenvalue weighted by Crippen LogP contribution is 2.21. The highest BCUT2D eigenvalue weighted by Gasteiger charge is 2.23. The molecule has 1 amide bonds. The van der Waals surface area contributed by atoms with Crippen molar-refractivity contribution in [3.8, 4) is 11.4 Å². The van der Waals surface area contributed by atoms with Gasteiger partial charge in [0.1, 0.15) is 6.54 Å². The van der Waals surface area contributed by atoms with Gasteiger partial charge in [-0.1, -0.05) is 34.5 Å². The van der Waals surface area contributed by atoms with Gasteiger partial charge in [-0.2, -0.15) is 4.98 Å². The number of aryl methyl sites for hydroxylation is 2. The van der Waals surface area contributed by atoms with Crippen molar-refractivity contribution >= 4 is 17.5 Å². The smallest absolute Gasteiger partial charge is 0.254 e. The van der Waals surface area contributed by atoms with Crippen LogP contribution in [0, 0.1) is 13.8 Å². The third kappa shape index (κ3) is 4.37. The van der Waals surface area contributed by atoms with Gasteiger partial charge in [0.15, 0.2) is 0 Å². The number of halogens is 1. The molecule has 0 atom stereocenters. The van der Waals surface area contributed by atoms with Gasteiger partial charge in [-0.15, -0.1) is 0 Å². The van der Waals surface area contributed by atoms with Crippen molar-refractivity contribution in [2.24, 2.45) is 0 Å². The maximum Gasteiger partial charge on any atom is 0.254 e. The van der Waals surface area contributed by atoms with E-state index in [2.05, 4.69) is 10.1 Å². The molecule has 27 heavy (non-hydrogen) atoms. The van der Waals surface area contributed by atoms with Crippen LogP contribution in [-0.4, -0.2) is 27.0 Å². The van der Waals surface area contributed by atoms with Crippen molar-refractivity contribution in [1.82, 2.24) is 15.0 Å². The highest BCUT2D eigenvalue weighted by atomic mass is 35.5. The van der Waals surface area contributed by atoms with Gasteiger partial charge in [-0.3, -0.25) is 4.79 Å². The SMILES string of the molecule is Cc1ccc(C(=O)N(Cc2nc(-c3ccc(Cl)cc3)no2)C(C)C)c(C)c1. The molecule has 0 aliphatic rings.